The molecule has 0 radical (unpaired) electrons. The van der Waals surface area contributed by atoms with Gasteiger partial charge in [-0.1, -0.05) is 24.3 Å². The first-order valence-corrected chi connectivity index (χ1v) is 9.70. The molecule has 0 unspecified atom stereocenters. The zero-order valence-corrected chi connectivity index (χ0v) is 14.3. The Kier molecular flexibility index (Phi) is 3.80. The quantitative estimate of drug-likeness (QED) is 0.779. The van der Waals surface area contributed by atoms with E-state index < -0.39 is 10.0 Å². The molecule has 3 aromatic rings. The highest BCUT2D eigenvalue weighted by molar-refractivity contribution is 7.93. The first-order chi connectivity index (χ1) is 12.0. The van der Waals surface area contributed by atoms with E-state index in [9.17, 15) is 13.2 Å². The van der Waals surface area contributed by atoms with Crippen LogP contribution in [0.15, 0.2) is 53.5 Å². The monoisotopic (exact) mass is 355 g/mol. The van der Waals surface area contributed by atoms with E-state index in [2.05, 4.69) is 9.97 Å². The lowest BCUT2D eigenvalue weighted by molar-refractivity contribution is 0.599. The summed E-state index contributed by atoms with van der Waals surface area (Å²) in [6.07, 6.45) is 2.70. The number of hydrogen-bond acceptors (Lipinski definition) is 4. The highest BCUT2D eigenvalue weighted by Gasteiger charge is 2.29. The minimum absolute atomic E-state index is 0.120. The number of nitrogens with zero attached hydrogens (tertiary/aromatic N) is 2. The van der Waals surface area contributed by atoms with E-state index in [1.54, 1.807) is 12.3 Å². The summed E-state index contributed by atoms with van der Waals surface area (Å²) in [5.41, 5.74) is 2.21. The summed E-state index contributed by atoms with van der Waals surface area (Å²) < 4.78 is 25.2. The van der Waals surface area contributed by atoms with Crippen molar-refractivity contribution in [2.75, 3.05) is 16.6 Å². The number of para-hydroxylation sites is 1. The number of rotatable bonds is 3. The first kappa shape index (κ1) is 15.8. The standard InChI is InChI=1S/C18H17N3O3S/c22-18-15(11-14-4-1-2-5-16(14)20-18)10-13-6-7-17(19-12-13)21-8-3-9-25(21,23)24/h1-2,4-7,11-12H,3,8-10H2,(H,20,22). The van der Waals surface area contributed by atoms with Crippen LogP contribution in [0.25, 0.3) is 10.9 Å². The molecular weight excluding hydrogens is 338 g/mol. The Hall–Kier alpha value is -2.67. The lowest BCUT2D eigenvalue weighted by Crippen LogP contribution is -2.25. The fourth-order valence-electron chi connectivity index (χ4n) is 3.11. The number of fused-ring (bicyclic) bond motifs is 1. The van der Waals surface area contributed by atoms with Crippen molar-refractivity contribution in [1.82, 2.24) is 9.97 Å². The van der Waals surface area contributed by atoms with Gasteiger partial charge in [0.15, 0.2) is 0 Å². The highest BCUT2D eigenvalue weighted by atomic mass is 32.2. The van der Waals surface area contributed by atoms with Gasteiger partial charge in [0.25, 0.3) is 5.56 Å². The summed E-state index contributed by atoms with van der Waals surface area (Å²) in [5.74, 6) is 0.608. The summed E-state index contributed by atoms with van der Waals surface area (Å²) in [5, 5.41) is 0.977. The van der Waals surface area contributed by atoms with Gasteiger partial charge in [-0.05, 0) is 35.6 Å². The molecule has 0 atom stereocenters. The highest BCUT2D eigenvalue weighted by Crippen LogP contribution is 2.22. The molecule has 7 heteroatoms. The van der Waals surface area contributed by atoms with Gasteiger partial charge in [0.2, 0.25) is 10.0 Å². The van der Waals surface area contributed by atoms with Crippen LogP contribution in [0.5, 0.6) is 0 Å². The zero-order chi connectivity index (χ0) is 17.4. The van der Waals surface area contributed by atoms with Crippen LogP contribution in [0, 0.1) is 0 Å². The number of anilines is 1. The van der Waals surface area contributed by atoms with Gasteiger partial charge in [0.05, 0.1) is 5.75 Å². The molecule has 25 heavy (non-hydrogen) atoms. The number of sulfonamides is 1. The van der Waals surface area contributed by atoms with Gasteiger partial charge in [-0.2, -0.15) is 0 Å². The van der Waals surface area contributed by atoms with Crippen molar-refractivity contribution in [3.05, 3.63) is 70.1 Å². The van der Waals surface area contributed by atoms with Crippen LogP contribution < -0.4 is 9.86 Å². The second kappa shape index (κ2) is 6.00. The van der Waals surface area contributed by atoms with Crippen molar-refractivity contribution >= 4 is 26.7 Å². The average molecular weight is 355 g/mol. The molecule has 1 aliphatic heterocycles. The van der Waals surface area contributed by atoms with Gasteiger partial charge in [-0.3, -0.25) is 9.10 Å². The molecule has 0 bridgehead atoms. The van der Waals surface area contributed by atoms with Gasteiger partial charge < -0.3 is 4.98 Å². The molecule has 1 saturated heterocycles. The SMILES string of the molecule is O=c1[nH]c2ccccc2cc1Cc1ccc(N2CCCS2(=O)=O)nc1. The topological polar surface area (TPSA) is 83.1 Å². The predicted molar refractivity (Wildman–Crippen MR) is 97.4 cm³/mol. The number of aromatic nitrogens is 2. The lowest BCUT2D eigenvalue weighted by atomic mass is 10.1. The Labute approximate surface area is 145 Å². The molecule has 6 nitrogen and oxygen atoms in total. The summed E-state index contributed by atoms with van der Waals surface area (Å²) in [4.78, 5) is 19.4. The van der Waals surface area contributed by atoms with E-state index >= 15 is 0 Å². The van der Waals surface area contributed by atoms with E-state index in [-0.39, 0.29) is 11.3 Å². The molecule has 4 rings (SSSR count). The van der Waals surface area contributed by atoms with Gasteiger partial charge in [-0.25, -0.2) is 13.4 Å². The van der Waals surface area contributed by atoms with Crippen LogP contribution >= 0.6 is 0 Å². The predicted octanol–water partition coefficient (Wildman–Crippen LogP) is 2.05. The minimum atomic E-state index is -3.23. The van der Waals surface area contributed by atoms with Crippen LogP contribution in [0.4, 0.5) is 5.82 Å². The normalized spacial score (nSPS) is 16.4. The molecule has 0 saturated carbocycles. The summed E-state index contributed by atoms with van der Waals surface area (Å²) >= 11 is 0. The number of nitrogens with one attached hydrogen (secondary N) is 1. The summed E-state index contributed by atoms with van der Waals surface area (Å²) in [6, 6.07) is 13.0. The molecule has 1 aromatic carbocycles. The van der Waals surface area contributed by atoms with Gasteiger partial charge >= 0.3 is 0 Å². The van der Waals surface area contributed by atoms with Crippen LogP contribution in [0.2, 0.25) is 0 Å². The van der Waals surface area contributed by atoms with E-state index in [0.29, 0.717) is 30.8 Å². The largest absolute Gasteiger partial charge is 0.322 e. The molecule has 1 aliphatic rings. The van der Waals surface area contributed by atoms with Crippen molar-refractivity contribution in [2.45, 2.75) is 12.8 Å². The number of hydrogen-bond donors (Lipinski definition) is 1. The van der Waals surface area contributed by atoms with Crippen LogP contribution in [0.1, 0.15) is 17.5 Å². The summed E-state index contributed by atoms with van der Waals surface area (Å²) in [7, 11) is -3.23. The molecule has 0 aliphatic carbocycles. The fraction of sp³-hybridized carbons (Fsp3) is 0.222. The van der Waals surface area contributed by atoms with Gasteiger partial charge in [-0.15, -0.1) is 0 Å². The molecule has 1 fully saturated rings. The molecule has 0 spiro atoms. The third-order valence-corrected chi connectivity index (χ3v) is 6.23. The van der Waals surface area contributed by atoms with Crippen LogP contribution in [-0.4, -0.2) is 30.7 Å². The van der Waals surface area contributed by atoms with Crippen molar-refractivity contribution in [2.24, 2.45) is 0 Å². The second-order valence-corrected chi connectivity index (χ2v) is 8.17. The van der Waals surface area contributed by atoms with E-state index in [1.807, 2.05) is 36.4 Å². The maximum atomic E-state index is 12.2. The first-order valence-electron chi connectivity index (χ1n) is 8.09. The third-order valence-electron chi connectivity index (χ3n) is 4.39. The zero-order valence-electron chi connectivity index (χ0n) is 13.5. The molecular formula is C18H17N3O3S. The summed E-state index contributed by atoms with van der Waals surface area (Å²) in [6.45, 7) is 0.471. The Morgan fingerprint density at radius 2 is 2.00 bits per heavy atom. The third kappa shape index (κ3) is 3.02. The second-order valence-electron chi connectivity index (χ2n) is 6.15. The number of H-pyrrole nitrogens is 1. The fourth-order valence-corrected chi connectivity index (χ4v) is 4.62. The Morgan fingerprint density at radius 1 is 1.16 bits per heavy atom. The maximum Gasteiger partial charge on any atom is 0.251 e. The van der Waals surface area contributed by atoms with E-state index in [0.717, 1.165) is 16.5 Å². The smallest absolute Gasteiger partial charge is 0.251 e. The van der Waals surface area contributed by atoms with Crippen molar-refractivity contribution in [1.29, 1.82) is 0 Å². The molecule has 1 N–H and O–H groups in total. The Bertz CT molecular complexity index is 1090. The Morgan fingerprint density at radius 3 is 2.72 bits per heavy atom. The van der Waals surface area contributed by atoms with E-state index in [4.69, 9.17) is 0 Å². The number of benzene rings is 1. The van der Waals surface area contributed by atoms with Gasteiger partial charge in [0.1, 0.15) is 5.82 Å². The lowest BCUT2D eigenvalue weighted by Gasteiger charge is -2.15. The Balaban J connectivity index is 1.61. The van der Waals surface area contributed by atoms with Crippen LogP contribution in [-0.2, 0) is 16.4 Å². The van der Waals surface area contributed by atoms with Crippen molar-refractivity contribution < 1.29 is 8.42 Å². The van der Waals surface area contributed by atoms with Crippen molar-refractivity contribution in [3.8, 4) is 0 Å². The van der Waals surface area contributed by atoms with Crippen molar-refractivity contribution in [3.63, 3.8) is 0 Å². The number of pyridine rings is 2. The number of aromatic amines is 1. The maximum absolute atomic E-state index is 12.2. The molecule has 3 heterocycles. The van der Waals surface area contributed by atoms with E-state index in [1.165, 1.54) is 4.31 Å². The average Bonchev–Trinajstić information content (AvgIpc) is 2.95. The molecule has 2 aromatic heterocycles. The molecule has 128 valence electrons. The minimum Gasteiger partial charge on any atom is -0.322 e. The molecule has 0 amide bonds. The van der Waals surface area contributed by atoms with Gasteiger partial charge in [0, 0.05) is 30.2 Å². The van der Waals surface area contributed by atoms with Crippen LogP contribution in [0.3, 0.4) is 0 Å².